The van der Waals surface area contributed by atoms with Crippen LogP contribution in [0.2, 0.25) is 0 Å². The molecule has 2 atom stereocenters. The molecule has 2 aliphatic heterocycles. The Balaban J connectivity index is 0.000000605. The lowest BCUT2D eigenvalue weighted by Gasteiger charge is -2.39. The fraction of sp³-hybridized carbons (Fsp3) is 1.00. The van der Waals surface area contributed by atoms with Gasteiger partial charge in [0.1, 0.15) is 0 Å². The molecule has 4 heteroatoms. The third-order valence-electron chi connectivity index (χ3n) is 2.89. The van der Waals surface area contributed by atoms with Crippen molar-refractivity contribution in [3.63, 3.8) is 0 Å². The predicted octanol–water partition coefficient (Wildman–Crippen LogP) is -4.03. The van der Waals surface area contributed by atoms with Gasteiger partial charge >= 0.3 is 0 Å². The minimum atomic E-state index is 0. The number of nitrogens with zero attached hydrogens (tertiary/aromatic N) is 1. The summed E-state index contributed by atoms with van der Waals surface area (Å²) in [6.45, 7) is 6.14. The Hall–Kier alpha value is 0.360. The highest BCUT2D eigenvalue weighted by Crippen LogP contribution is 2.14. The van der Waals surface area contributed by atoms with Gasteiger partial charge in [-0.2, -0.15) is 0 Å². The Labute approximate surface area is 78.5 Å². The van der Waals surface area contributed by atoms with Crippen LogP contribution in [0, 0.1) is 0 Å². The van der Waals surface area contributed by atoms with Gasteiger partial charge in [-0.1, -0.05) is 0 Å². The molecule has 0 spiro atoms. The van der Waals surface area contributed by atoms with Crippen LogP contribution in [0.25, 0.3) is 0 Å². The summed E-state index contributed by atoms with van der Waals surface area (Å²) in [6.07, 6.45) is 0.689. The quantitative estimate of drug-likeness (QED) is 0.408. The molecule has 3 nitrogen and oxygen atoms in total. The molecule has 0 aromatic rings. The van der Waals surface area contributed by atoms with Crippen molar-refractivity contribution in [2.45, 2.75) is 6.17 Å². The predicted molar refractivity (Wildman–Crippen MR) is 40.6 cm³/mol. The van der Waals surface area contributed by atoms with Gasteiger partial charge in [0, 0.05) is 6.54 Å². The summed E-state index contributed by atoms with van der Waals surface area (Å²) in [5, 5.41) is 6.91. The van der Waals surface area contributed by atoms with Crippen molar-refractivity contribution in [1.82, 2.24) is 10.6 Å². The van der Waals surface area contributed by atoms with Crippen LogP contribution in [0.3, 0.4) is 0 Å². The Bertz CT molecular complexity index is 142. The normalized spacial score (nSPS) is 42.8. The number of piperazine rings is 1. The maximum absolute atomic E-state index is 3.51. The van der Waals surface area contributed by atoms with Crippen LogP contribution in [0.5, 0.6) is 0 Å². The molecular weight excluding hydrogens is 206 g/mol. The number of quaternary nitrogens is 1. The summed E-state index contributed by atoms with van der Waals surface area (Å²) in [4.78, 5) is 0. The molecule has 0 aromatic carbocycles. The van der Waals surface area contributed by atoms with Crippen molar-refractivity contribution in [1.29, 1.82) is 0 Å². The van der Waals surface area contributed by atoms with Crippen molar-refractivity contribution in [2.75, 3.05) is 39.8 Å². The van der Waals surface area contributed by atoms with E-state index in [1.807, 2.05) is 0 Å². The van der Waals surface area contributed by atoms with E-state index in [-0.39, 0.29) is 17.0 Å². The van der Waals surface area contributed by atoms with Crippen molar-refractivity contribution in [2.24, 2.45) is 0 Å². The molecular formula is C7H16BrN3. The largest absolute Gasteiger partial charge is 1.00 e. The average molecular weight is 222 g/mol. The summed E-state index contributed by atoms with van der Waals surface area (Å²) >= 11 is 0. The standard InChI is InChI=1S/C7H16N3.BrH/c1-10-4-2-8-6-7(10)9-3-5-10;/h7-9H,2-6H2,1H3;1H/q+1;/p-1. The summed E-state index contributed by atoms with van der Waals surface area (Å²) in [7, 11) is 2.35. The zero-order chi connectivity index (χ0) is 7.03. The van der Waals surface area contributed by atoms with E-state index >= 15 is 0 Å². The van der Waals surface area contributed by atoms with Crippen molar-refractivity contribution < 1.29 is 21.5 Å². The molecule has 0 amide bonds. The van der Waals surface area contributed by atoms with Crippen LogP contribution >= 0.6 is 0 Å². The second-order valence-corrected chi connectivity index (χ2v) is 3.60. The summed E-state index contributed by atoms with van der Waals surface area (Å²) in [6, 6.07) is 0. The van der Waals surface area contributed by atoms with Crippen molar-refractivity contribution in [3.8, 4) is 0 Å². The van der Waals surface area contributed by atoms with E-state index in [2.05, 4.69) is 17.7 Å². The number of halogens is 1. The van der Waals surface area contributed by atoms with Gasteiger partial charge in [-0.25, -0.2) is 0 Å². The minimum Gasteiger partial charge on any atom is -1.00 e. The number of likely N-dealkylation sites (N-methyl/N-ethyl adjacent to an activating group) is 1. The third-order valence-corrected chi connectivity index (χ3v) is 2.89. The first kappa shape index (κ1) is 9.45. The van der Waals surface area contributed by atoms with Gasteiger partial charge in [0.15, 0.2) is 6.17 Å². The first-order chi connectivity index (χ1) is 4.81. The molecule has 2 fully saturated rings. The van der Waals surface area contributed by atoms with Gasteiger partial charge in [-0.15, -0.1) is 0 Å². The zero-order valence-corrected chi connectivity index (χ0v) is 8.52. The van der Waals surface area contributed by atoms with Gasteiger partial charge in [-0.05, 0) is 0 Å². The van der Waals surface area contributed by atoms with Crippen LogP contribution in [-0.4, -0.2) is 50.4 Å². The maximum Gasteiger partial charge on any atom is 0.155 e. The lowest BCUT2D eigenvalue weighted by molar-refractivity contribution is -0.923. The molecule has 2 N–H and O–H groups in total. The number of hydrogen-bond acceptors (Lipinski definition) is 2. The van der Waals surface area contributed by atoms with E-state index in [1.165, 1.54) is 30.7 Å². The molecule has 0 saturated carbocycles. The number of rotatable bonds is 0. The van der Waals surface area contributed by atoms with E-state index < -0.39 is 0 Å². The van der Waals surface area contributed by atoms with E-state index in [1.54, 1.807) is 0 Å². The topological polar surface area (TPSA) is 24.1 Å². The van der Waals surface area contributed by atoms with E-state index in [9.17, 15) is 0 Å². The monoisotopic (exact) mass is 221 g/mol. The van der Waals surface area contributed by atoms with Gasteiger partial charge < -0.3 is 26.8 Å². The molecule has 0 radical (unpaired) electrons. The Morgan fingerprint density at radius 3 is 2.73 bits per heavy atom. The van der Waals surface area contributed by atoms with Crippen LogP contribution < -0.4 is 27.6 Å². The average Bonchev–Trinajstić information content (AvgIpc) is 2.29. The summed E-state index contributed by atoms with van der Waals surface area (Å²) in [5.41, 5.74) is 0. The van der Waals surface area contributed by atoms with Gasteiger partial charge in [-0.3, -0.25) is 5.32 Å². The summed E-state index contributed by atoms with van der Waals surface area (Å²) < 4.78 is 1.24. The Morgan fingerprint density at radius 2 is 2.00 bits per heavy atom. The Morgan fingerprint density at radius 1 is 1.27 bits per heavy atom. The Kier molecular flexibility index (Phi) is 2.91. The molecule has 0 bridgehead atoms. The van der Waals surface area contributed by atoms with Crippen molar-refractivity contribution >= 4 is 0 Å². The fourth-order valence-electron chi connectivity index (χ4n) is 2.00. The molecule has 0 aromatic heterocycles. The van der Waals surface area contributed by atoms with Crippen LogP contribution in [0.15, 0.2) is 0 Å². The zero-order valence-electron chi connectivity index (χ0n) is 6.94. The summed E-state index contributed by atoms with van der Waals surface area (Å²) in [5.74, 6) is 0. The molecule has 2 aliphatic rings. The first-order valence-corrected chi connectivity index (χ1v) is 4.10. The number of nitrogens with one attached hydrogen (secondary N) is 2. The van der Waals surface area contributed by atoms with E-state index in [4.69, 9.17) is 0 Å². The van der Waals surface area contributed by atoms with Gasteiger partial charge in [0.05, 0.1) is 33.2 Å². The first-order valence-electron chi connectivity index (χ1n) is 4.10. The maximum atomic E-state index is 3.51. The molecule has 2 heterocycles. The highest BCUT2D eigenvalue weighted by Gasteiger charge is 2.39. The SMILES string of the molecule is C[N+]12CCNCC1NCC2.[Br-]. The van der Waals surface area contributed by atoms with Gasteiger partial charge in [0.25, 0.3) is 0 Å². The molecule has 2 saturated heterocycles. The van der Waals surface area contributed by atoms with Gasteiger partial charge in [0.2, 0.25) is 0 Å². The lowest BCUT2D eigenvalue weighted by atomic mass is 10.3. The number of hydrogen-bond donors (Lipinski definition) is 2. The van der Waals surface area contributed by atoms with Crippen LogP contribution in [0.1, 0.15) is 0 Å². The second-order valence-electron chi connectivity index (χ2n) is 3.60. The van der Waals surface area contributed by atoms with Crippen LogP contribution in [0.4, 0.5) is 0 Å². The van der Waals surface area contributed by atoms with E-state index in [0.717, 1.165) is 6.54 Å². The van der Waals surface area contributed by atoms with Crippen molar-refractivity contribution in [3.05, 3.63) is 0 Å². The molecule has 0 aliphatic carbocycles. The molecule has 2 unspecified atom stereocenters. The lowest BCUT2D eigenvalue weighted by Crippen LogP contribution is -3.00. The number of fused-ring (bicyclic) bond motifs is 1. The minimum absolute atomic E-state index is 0. The second kappa shape index (κ2) is 3.39. The molecule has 2 rings (SSSR count). The van der Waals surface area contributed by atoms with Crippen LogP contribution in [-0.2, 0) is 0 Å². The third kappa shape index (κ3) is 1.59. The highest BCUT2D eigenvalue weighted by molar-refractivity contribution is 4.72. The molecule has 11 heavy (non-hydrogen) atoms. The fourth-order valence-corrected chi connectivity index (χ4v) is 2.00. The van der Waals surface area contributed by atoms with E-state index in [0.29, 0.717) is 6.17 Å². The molecule has 66 valence electrons. The smallest absolute Gasteiger partial charge is 0.155 e. The highest BCUT2D eigenvalue weighted by atomic mass is 79.9.